The van der Waals surface area contributed by atoms with Crippen LogP contribution in [0.4, 0.5) is 13.2 Å². The summed E-state index contributed by atoms with van der Waals surface area (Å²) in [6.45, 7) is 0. The van der Waals surface area contributed by atoms with Gasteiger partial charge in [-0.1, -0.05) is 48.5 Å². The molecule has 0 spiro atoms. The summed E-state index contributed by atoms with van der Waals surface area (Å²) >= 11 is 0. The summed E-state index contributed by atoms with van der Waals surface area (Å²) in [5, 5.41) is 1.68. The first-order chi connectivity index (χ1) is 11.8. The summed E-state index contributed by atoms with van der Waals surface area (Å²) < 4.78 is 38.3. The Morgan fingerprint density at radius 3 is 2.12 bits per heavy atom. The third kappa shape index (κ3) is 3.22. The first-order valence-electron chi connectivity index (χ1n) is 7.70. The maximum absolute atomic E-state index is 12.8. The molecule has 0 aliphatic carbocycles. The third-order valence-electron chi connectivity index (χ3n) is 4.07. The van der Waals surface area contributed by atoms with Gasteiger partial charge in [-0.3, -0.25) is 4.79 Å². The fourth-order valence-corrected chi connectivity index (χ4v) is 2.80. The zero-order chi connectivity index (χ0) is 18.2. The Balaban J connectivity index is 2.22. The number of carbonyl (C=O) groups excluding carboxylic acids is 1. The van der Waals surface area contributed by atoms with Gasteiger partial charge in [-0.2, -0.15) is 13.2 Å². The van der Waals surface area contributed by atoms with Gasteiger partial charge in [0.05, 0.1) is 11.1 Å². The van der Waals surface area contributed by atoms with Crippen LogP contribution in [-0.2, 0) is 6.18 Å². The van der Waals surface area contributed by atoms with Crippen LogP contribution in [0.2, 0.25) is 0 Å². The summed E-state index contributed by atoms with van der Waals surface area (Å²) in [6, 6.07) is 16.0. The molecule has 0 atom stereocenters. The molecule has 0 N–H and O–H groups in total. The number of carbonyl (C=O) groups is 1. The molecule has 5 heteroatoms. The molecule has 0 aliphatic rings. The molecule has 0 bridgehead atoms. The van der Waals surface area contributed by atoms with Crippen LogP contribution in [0.3, 0.4) is 0 Å². The highest BCUT2D eigenvalue weighted by molar-refractivity contribution is 6.12. The topological polar surface area (TPSA) is 20.3 Å². The van der Waals surface area contributed by atoms with Crippen LogP contribution in [0.1, 0.15) is 15.9 Å². The van der Waals surface area contributed by atoms with E-state index in [1.807, 2.05) is 30.3 Å². The fourth-order valence-electron chi connectivity index (χ4n) is 2.80. The number of alkyl halides is 3. The van der Waals surface area contributed by atoms with Gasteiger partial charge in [0, 0.05) is 14.1 Å². The summed E-state index contributed by atoms with van der Waals surface area (Å²) in [5.41, 5.74) is 0.968. The quantitative estimate of drug-likeness (QED) is 0.624. The number of hydrogen-bond acceptors (Lipinski definition) is 1. The van der Waals surface area contributed by atoms with Crippen LogP contribution < -0.4 is 0 Å². The Hall–Kier alpha value is -2.82. The smallest absolute Gasteiger partial charge is 0.345 e. The van der Waals surface area contributed by atoms with E-state index in [0.717, 1.165) is 22.9 Å². The molecule has 3 aromatic carbocycles. The van der Waals surface area contributed by atoms with Crippen molar-refractivity contribution < 1.29 is 18.0 Å². The second-order valence-corrected chi connectivity index (χ2v) is 5.98. The predicted molar refractivity (Wildman–Crippen MR) is 92.4 cm³/mol. The summed E-state index contributed by atoms with van der Waals surface area (Å²) in [4.78, 5) is 14.2. The molecule has 25 heavy (non-hydrogen) atoms. The first-order valence-corrected chi connectivity index (χ1v) is 7.70. The standard InChI is InChI=1S/C20H16F3NO/c1-24(2)19(25)18-16-6-4-3-5-13(16)9-12-17(18)14-7-10-15(11-8-14)20(21,22)23/h3-12H,1-2H3. The van der Waals surface area contributed by atoms with E-state index >= 15 is 0 Å². The monoisotopic (exact) mass is 343 g/mol. The van der Waals surface area contributed by atoms with E-state index in [1.165, 1.54) is 17.0 Å². The molecule has 0 aliphatic heterocycles. The minimum atomic E-state index is -4.38. The van der Waals surface area contributed by atoms with Gasteiger partial charge in [-0.15, -0.1) is 0 Å². The molecule has 0 aromatic heterocycles. The highest BCUT2D eigenvalue weighted by Gasteiger charge is 2.30. The maximum atomic E-state index is 12.8. The lowest BCUT2D eigenvalue weighted by molar-refractivity contribution is -0.137. The summed E-state index contributed by atoms with van der Waals surface area (Å²) in [6.07, 6.45) is -4.38. The van der Waals surface area contributed by atoms with Gasteiger partial charge in [0.25, 0.3) is 5.91 Å². The van der Waals surface area contributed by atoms with E-state index in [1.54, 1.807) is 20.2 Å². The van der Waals surface area contributed by atoms with E-state index < -0.39 is 11.7 Å². The lowest BCUT2D eigenvalue weighted by Crippen LogP contribution is -2.22. The number of hydrogen-bond donors (Lipinski definition) is 0. The summed E-state index contributed by atoms with van der Waals surface area (Å²) in [7, 11) is 3.31. The number of amides is 1. The van der Waals surface area contributed by atoms with Gasteiger partial charge in [0.15, 0.2) is 0 Å². The zero-order valence-corrected chi connectivity index (χ0v) is 13.8. The van der Waals surface area contributed by atoms with Gasteiger partial charge in [0.2, 0.25) is 0 Å². The molecule has 3 rings (SSSR count). The molecular formula is C20H16F3NO. The number of nitrogens with zero attached hydrogens (tertiary/aromatic N) is 1. The summed E-state index contributed by atoms with van der Waals surface area (Å²) in [5.74, 6) is -0.188. The average Bonchev–Trinajstić information content (AvgIpc) is 2.59. The second-order valence-electron chi connectivity index (χ2n) is 5.98. The van der Waals surface area contributed by atoms with Crippen molar-refractivity contribution in [2.45, 2.75) is 6.18 Å². The largest absolute Gasteiger partial charge is 0.416 e. The van der Waals surface area contributed by atoms with Gasteiger partial charge in [-0.05, 0) is 34.0 Å². The highest BCUT2D eigenvalue weighted by Crippen LogP contribution is 2.34. The Kier molecular flexibility index (Phi) is 4.25. The fraction of sp³-hybridized carbons (Fsp3) is 0.150. The van der Waals surface area contributed by atoms with Crippen molar-refractivity contribution in [2.24, 2.45) is 0 Å². The van der Waals surface area contributed by atoms with Crippen molar-refractivity contribution in [3.63, 3.8) is 0 Å². The van der Waals surface area contributed by atoms with Crippen LogP contribution in [0, 0.1) is 0 Å². The molecule has 0 unspecified atom stereocenters. The molecule has 3 aromatic rings. The molecule has 128 valence electrons. The highest BCUT2D eigenvalue weighted by atomic mass is 19.4. The van der Waals surface area contributed by atoms with E-state index in [-0.39, 0.29) is 5.91 Å². The Morgan fingerprint density at radius 1 is 0.880 bits per heavy atom. The maximum Gasteiger partial charge on any atom is 0.416 e. The Bertz CT molecular complexity index is 928. The number of halogens is 3. The van der Waals surface area contributed by atoms with E-state index in [9.17, 15) is 18.0 Å². The van der Waals surface area contributed by atoms with Crippen LogP contribution >= 0.6 is 0 Å². The SMILES string of the molecule is CN(C)C(=O)c1c(-c2ccc(C(F)(F)F)cc2)ccc2ccccc12. The van der Waals surface area contributed by atoms with Crippen molar-refractivity contribution in [3.05, 3.63) is 71.8 Å². The molecule has 1 amide bonds. The van der Waals surface area contributed by atoms with Crippen molar-refractivity contribution in [1.82, 2.24) is 4.90 Å². The Labute approximate surface area is 143 Å². The van der Waals surface area contributed by atoms with Crippen molar-refractivity contribution in [3.8, 4) is 11.1 Å². The predicted octanol–water partition coefficient (Wildman–Crippen LogP) is 5.23. The normalized spacial score (nSPS) is 11.6. The zero-order valence-electron chi connectivity index (χ0n) is 13.8. The minimum absolute atomic E-state index is 0.188. The van der Waals surface area contributed by atoms with Crippen molar-refractivity contribution in [1.29, 1.82) is 0 Å². The number of fused-ring (bicyclic) bond motifs is 1. The van der Waals surface area contributed by atoms with Crippen LogP contribution in [-0.4, -0.2) is 24.9 Å². The molecule has 2 nitrogen and oxygen atoms in total. The lowest BCUT2D eigenvalue weighted by Gasteiger charge is -2.17. The van der Waals surface area contributed by atoms with E-state index in [4.69, 9.17) is 0 Å². The first kappa shape index (κ1) is 17.0. The van der Waals surface area contributed by atoms with E-state index in [2.05, 4.69) is 0 Å². The second kappa shape index (κ2) is 6.24. The van der Waals surface area contributed by atoms with Crippen LogP contribution in [0.25, 0.3) is 21.9 Å². The Morgan fingerprint density at radius 2 is 1.52 bits per heavy atom. The third-order valence-corrected chi connectivity index (χ3v) is 4.07. The van der Waals surface area contributed by atoms with Gasteiger partial charge >= 0.3 is 6.18 Å². The van der Waals surface area contributed by atoms with Gasteiger partial charge in [0.1, 0.15) is 0 Å². The number of rotatable bonds is 2. The van der Waals surface area contributed by atoms with Crippen LogP contribution in [0.15, 0.2) is 60.7 Å². The molecule has 0 radical (unpaired) electrons. The molecule has 0 saturated carbocycles. The molecule has 0 heterocycles. The van der Waals surface area contributed by atoms with Crippen molar-refractivity contribution >= 4 is 16.7 Å². The minimum Gasteiger partial charge on any atom is -0.345 e. The van der Waals surface area contributed by atoms with Crippen molar-refractivity contribution in [2.75, 3.05) is 14.1 Å². The molecular weight excluding hydrogens is 327 g/mol. The van der Waals surface area contributed by atoms with E-state index in [0.29, 0.717) is 16.7 Å². The van der Waals surface area contributed by atoms with Crippen LogP contribution in [0.5, 0.6) is 0 Å². The average molecular weight is 343 g/mol. The van der Waals surface area contributed by atoms with Gasteiger partial charge < -0.3 is 4.90 Å². The van der Waals surface area contributed by atoms with Gasteiger partial charge in [-0.25, -0.2) is 0 Å². The number of benzene rings is 3. The molecule has 0 saturated heterocycles. The molecule has 0 fully saturated rings. The lowest BCUT2D eigenvalue weighted by atomic mass is 9.93.